The molecular weight excluding hydrogens is 234 g/mol. The highest BCUT2D eigenvalue weighted by molar-refractivity contribution is 5.78. The maximum Gasteiger partial charge on any atom is 0.134 e. The fourth-order valence-corrected chi connectivity index (χ4v) is 2.47. The van der Waals surface area contributed by atoms with Gasteiger partial charge in [0.1, 0.15) is 11.3 Å². The molecule has 2 aromatic rings. The van der Waals surface area contributed by atoms with Gasteiger partial charge in [0, 0.05) is 11.4 Å². The number of rotatable bonds is 6. The average molecular weight is 259 g/mol. The third kappa shape index (κ3) is 3.60. The predicted octanol–water partition coefficient (Wildman–Crippen LogP) is 4.97. The van der Waals surface area contributed by atoms with Gasteiger partial charge in [0.25, 0.3) is 0 Å². The van der Waals surface area contributed by atoms with Gasteiger partial charge >= 0.3 is 0 Å². The van der Waals surface area contributed by atoms with E-state index in [4.69, 9.17) is 4.42 Å². The van der Waals surface area contributed by atoms with Gasteiger partial charge in [-0.25, -0.2) is 0 Å². The first-order chi connectivity index (χ1) is 9.10. The molecular formula is C17H25NO. The highest BCUT2D eigenvalue weighted by Gasteiger charge is 2.16. The van der Waals surface area contributed by atoms with Crippen molar-refractivity contribution in [2.24, 2.45) is 0 Å². The van der Waals surface area contributed by atoms with E-state index in [1.54, 1.807) is 0 Å². The molecule has 0 saturated carbocycles. The van der Waals surface area contributed by atoms with Crippen molar-refractivity contribution in [1.82, 2.24) is 5.32 Å². The van der Waals surface area contributed by atoms with Crippen LogP contribution in [-0.4, -0.2) is 6.04 Å². The van der Waals surface area contributed by atoms with Gasteiger partial charge in [-0.3, -0.25) is 0 Å². The number of unbranched alkanes of at least 4 members (excludes halogenated alkanes) is 1. The van der Waals surface area contributed by atoms with Gasteiger partial charge in [-0.05, 0) is 31.5 Å². The minimum Gasteiger partial charge on any atom is -0.459 e. The average Bonchev–Trinajstić information content (AvgIpc) is 2.76. The van der Waals surface area contributed by atoms with Crippen LogP contribution in [0.15, 0.2) is 28.7 Å². The lowest BCUT2D eigenvalue weighted by atomic mass is 10.1. The van der Waals surface area contributed by atoms with E-state index in [2.05, 4.69) is 57.3 Å². The molecule has 19 heavy (non-hydrogen) atoms. The lowest BCUT2D eigenvalue weighted by Gasteiger charge is -2.18. The fourth-order valence-electron chi connectivity index (χ4n) is 2.47. The first-order valence-corrected chi connectivity index (χ1v) is 7.36. The Morgan fingerprint density at radius 1 is 1.21 bits per heavy atom. The largest absolute Gasteiger partial charge is 0.459 e. The minimum atomic E-state index is 0.327. The standard InChI is InChI=1S/C17H25NO/c1-5-6-7-15(18-12(2)3)17-11-14-10-13(4)8-9-16(14)19-17/h8-12,15,18H,5-7H2,1-4H3. The molecule has 0 radical (unpaired) electrons. The molecule has 0 spiro atoms. The molecule has 104 valence electrons. The second-order valence-corrected chi connectivity index (χ2v) is 5.71. The summed E-state index contributed by atoms with van der Waals surface area (Å²) in [7, 11) is 0. The van der Waals surface area contributed by atoms with Crippen LogP contribution in [0.1, 0.15) is 57.4 Å². The second-order valence-electron chi connectivity index (χ2n) is 5.71. The van der Waals surface area contributed by atoms with Gasteiger partial charge in [-0.1, -0.05) is 45.2 Å². The molecule has 1 N–H and O–H groups in total. The molecule has 1 aromatic heterocycles. The number of fused-ring (bicyclic) bond motifs is 1. The van der Waals surface area contributed by atoms with E-state index in [-0.39, 0.29) is 0 Å². The molecule has 2 heteroatoms. The summed E-state index contributed by atoms with van der Waals surface area (Å²) in [6.07, 6.45) is 3.57. The molecule has 0 aliphatic carbocycles. The van der Waals surface area contributed by atoms with E-state index in [1.165, 1.54) is 23.8 Å². The van der Waals surface area contributed by atoms with E-state index >= 15 is 0 Å². The van der Waals surface area contributed by atoms with Crippen molar-refractivity contribution in [3.8, 4) is 0 Å². The third-order valence-corrected chi connectivity index (χ3v) is 3.42. The molecule has 1 aromatic carbocycles. The zero-order valence-electron chi connectivity index (χ0n) is 12.5. The summed E-state index contributed by atoms with van der Waals surface area (Å²) in [6.45, 7) is 8.72. The number of hydrogen-bond acceptors (Lipinski definition) is 2. The quantitative estimate of drug-likeness (QED) is 0.792. The van der Waals surface area contributed by atoms with Crippen molar-refractivity contribution in [2.45, 2.75) is 59.0 Å². The smallest absolute Gasteiger partial charge is 0.134 e. The molecule has 0 aliphatic heterocycles. The number of nitrogens with one attached hydrogen (secondary N) is 1. The number of furan rings is 1. The van der Waals surface area contributed by atoms with Crippen LogP contribution in [0.2, 0.25) is 0 Å². The number of benzene rings is 1. The summed E-state index contributed by atoms with van der Waals surface area (Å²) >= 11 is 0. The normalized spacial score (nSPS) is 13.3. The summed E-state index contributed by atoms with van der Waals surface area (Å²) < 4.78 is 6.02. The molecule has 0 aliphatic rings. The number of aryl methyl sites for hydroxylation is 1. The highest BCUT2D eigenvalue weighted by atomic mass is 16.3. The molecule has 0 bridgehead atoms. The Labute approximate surface area is 116 Å². The van der Waals surface area contributed by atoms with Crippen molar-refractivity contribution in [2.75, 3.05) is 0 Å². The Morgan fingerprint density at radius 3 is 2.68 bits per heavy atom. The molecule has 0 amide bonds. The van der Waals surface area contributed by atoms with E-state index in [9.17, 15) is 0 Å². The van der Waals surface area contributed by atoms with Crippen molar-refractivity contribution in [3.63, 3.8) is 0 Å². The Morgan fingerprint density at radius 2 is 2.00 bits per heavy atom. The van der Waals surface area contributed by atoms with Crippen LogP contribution in [0.3, 0.4) is 0 Å². The molecule has 1 heterocycles. The summed E-state index contributed by atoms with van der Waals surface area (Å²) in [6, 6.07) is 9.35. The Kier molecular flexibility index (Phi) is 4.65. The number of hydrogen-bond donors (Lipinski definition) is 1. The maximum absolute atomic E-state index is 6.02. The van der Waals surface area contributed by atoms with Gasteiger partial charge in [0.15, 0.2) is 0 Å². The molecule has 0 fully saturated rings. The monoisotopic (exact) mass is 259 g/mol. The summed E-state index contributed by atoms with van der Waals surface area (Å²) in [4.78, 5) is 0. The zero-order valence-corrected chi connectivity index (χ0v) is 12.5. The van der Waals surface area contributed by atoms with Crippen LogP contribution in [0.4, 0.5) is 0 Å². The third-order valence-electron chi connectivity index (χ3n) is 3.42. The van der Waals surface area contributed by atoms with Gasteiger partial charge in [-0.2, -0.15) is 0 Å². The lowest BCUT2D eigenvalue weighted by Crippen LogP contribution is -2.27. The SMILES string of the molecule is CCCCC(NC(C)C)c1cc2cc(C)ccc2o1. The Bertz CT molecular complexity index is 527. The molecule has 2 nitrogen and oxygen atoms in total. The van der Waals surface area contributed by atoms with Crippen molar-refractivity contribution < 1.29 is 4.42 Å². The van der Waals surface area contributed by atoms with Crippen LogP contribution in [0.25, 0.3) is 11.0 Å². The highest BCUT2D eigenvalue weighted by Crippen LogP contribution is 2.28. The van der Waals surface area contributed by atoms with Crippen molar-refractivity contribution >= 4 is 11.0 Å². The van der Waals surface area contributed by atoms with E-state index in [0.717, 1.165) is 17.8 Å². The van der Waals surface area contributed by atoms with Crippen LogP contribution in [-0.2, 0) is 0 Å². The van der Waals surface area contributed by atoms with E-state index in [0.29, 0.717) is 12.1 Å². The van der Waals surface area contributed by atoms with E-state index in [1.807, 2.05) is 0 Å². The van der Waals surface area contributed by atoms with Gasteiger partial charge in [-0.15, -0.1) is 0 Å². The molecule has 0 saturated heterocycles. The fraction of sp³-hybridized carbons (Fsp3) is 0.529. The van der Waals surface area contributed by atoms with Crippen LogP contribution < -0.4 is 5.32 Å². The Balaban J connectivity index is 2.26. The maximum atomic E-state index is 6.02. The van der Waals surface area contributed by atoms with Crippen LogP contribution in [0.5, 0.6) is 0 Å². The molecule has 2 rings (SSSR count). The zero-order chi connectivity index (χ0) is 13.8. The summed E-state index contributed by atoms with van der Waals surface area (Å²) in [5, 5.41) is 4.82. The minimum absolute atomic E-state index is 0.327. The Hall–Kier alpha value is -1.28. The van der Waals surface area contributed by atoms with Gasteiger partial charge in [0.2, 0.25) is 0 Å². The predicted molar refractivity (Wildman–Crippen MR) is 81.5 cm³/mol. The first-order valence-electron chi connectivity index (χ1n) is 7.36. The topological polar surface area (TPSA) is 25.2 Å². The van der Waals surface area contributed by atoms with Crippen molar-refractivity contribution in [3.05, 3.63) is 35.6 Å². The van der Waals surface area contributed by atoms with E-state index < -0.39 is 0 Å². The second kappa shape index (κ2) is 6.25. The molecule has 1 unspecified atom stereocenters. The van der Waals surface area contributed by atoms with Gasteiger partial charge in [0.05, 0.1) is 6.04 Å². The summed E-state index contributed by atoms with van der Waals surface area (Å²) in [5.41, 5.74) is 2.27. The molecule has 1 atom stereocenters. The summed E-state index contributed by atoms with van der Waals surface area (Å²) in [5.74, 6) is 1.07. The van der Waals surface area contributed by atoms with Crippen molar-refractivity contribution in [1.29, 1.82) is 0 Å². The van der Waals surface area contributed by atoms with Crippen LogP contribution in [0, 0.1) is 6.92 Å². The van der Waals surface area contributed by atoms with Crippen LogP contribution >= 0.6 is 0 Å². The van der Waals surface area contributed by atoms with Gasteiger partial charge < -0.3 is 9.73 Å². The lowest BCUT2D eigenvalue weighted by molar-refractivity contribution is 0.377. The first kappa shape index (κ1) is 14.1.